The van der Waals surface area contributed by atoms with Crippen LogP contribution in [0.15, 0.2) is 248 Å². The fourth-order valence-electron chi connectivity index (χ4n) is 8.51. The molecule has 65 heavy (non-hydrogen) atoms. The predicted molar refractivity (Wildman–Crippen MR) is 275 cm³/mol. The number of fused-ring (bicyclic) bond motifs is 1. The molecule has 8 aromatic rings. The summed E-state index contributed by atoms with van der Waals surface area (Å²) >= 11 is 0. The highest BCUT2D eigenvalue weighted by Crippen LogP contribution is 2.42. The molecule has 1 unspecified atom stereocenters. The molecule has 0 amide bonds. The van der Waals surface area contributed by atoms with Crippen LogP contribution in [0.3, 0.4) is 0 Å². The van der Waals surface area contributed by atoms with Gasteiger partial charge in [-0.25, -0.2) is 0 Å². The van der Waals surface area contributed by atoms with Gasteiger partial charge in [-0.2, -0.15) is 0 Å². The highest BCUT2D eigenvalue weighted by molar-refractivity contribution is 5.82. The van der Waals surface area contributed by atoms with Gasteiger partial charge < -0.3 is 14.5 Å². The Kier molecular flexibility index (Phi) is 12.8. The Labute approximate surface area is 384 Å². The SMILES string of the molecule is C#C/C=C\C(=C/C)c1ccc(N(C2=CC(C)c3cc(N(c4ccc(-c5ccccc5)cc4)c4ccc(-c5ccccc5)cc4)ccc3OCC=C2)c2ccc(-c3ccccc3)cc2)cc1. The van der Waals surface area contributed by atoms with E-state index in [1.807, 2.05) is 13.0 Å². The summed E-state index contributed by atoms with van der Waals surface area (Å²) in [5, 5.41) is 0. The van der Waals surface area contributed by atoms with Crippen molar-refractivity contribution in [1.82, 2.24) is 0 Å². The molecule has 3 heteroatoms. The molecule has 314 valence electrons. The summed E-state index contributed by atoms with van der Waals surface area (Å²) in [5.41, 5.74) is 16.7. The van der Waals surface area contributed by atoms with Crippen molar-refractivity contribution < 1.29 is 4.74 Å². The maximum absolute atomic E-state index is 6.56. The molecule has 9 rings (SSSR count). The maximum Gasteiger partial charge on any atom is 0.123 e. The summed E-state index contributed by atoms with van der Waals surface area (Å²) in [4.78, 5) is 4.67. The Morgan fingerprint density at radius 2 is 0.969 bits per heavy atom. The summed E-state index contributed by atoms with van der Waals surface area (Å²) < 4.78 is 6.56. The topological polar surface area (TPSA) is 15.7 Å². The number of hydrogen-bond acceptors (Lipinski definition) is 3. The van der Waals surface area contributed by atoms with Crippen LogP contribution in [0.2, 0.25) is 0 Å². The van der Waals surface area contributed by atoms with Crippen molar-refractivity contribution in [3.05, 3.63) is 260 Å². The zero-order valence-corrected chi connectivity index (χ0v) is 36.8. The van der Waals surface area contributed by atoms with Crippen LogP contribution in [0.5, 0.6) is 5.75 Å². The minimum absolute atomic E-state index is 0.0284. The fourth-order valence-corrected chi connectivity index (χ4v) is 8.51. The number of allylic oxidation sites excluding steroid dienone is 6. The molecular formula is C62H50N2O. The van der Waals surface area contributed by atoms with Gasteiger partial charge in [0, 0.05) is 45.6 Å². The molecule has 0 radical (unpaired) electrons. The van der Waals surface area contributed by atoms with E-state index in [9.17, 15) is 0 Å². The zero-order valence-electron chi connectivity index (χ0n) is 36.8. The van der Waals surface area contributed by atoms with Gasteiger partial charge in [0.1, 0.15) is 12.4 Å². The summed E-state index contributed by atoms with van der Waals surface area (Å²) in [6.45, 7) is 4.72. The first-order chi connectivity index (χ1) is 32.1. The number of ether oxygens (including phenoxy) is 1. The van der Waals surface area contributed by atoms with Crippen molar-refractivity contribution in [2.24, 2.45) is 0 Å². The zero-order chi connectivity index (χ0) is 44.4. The van der Waals surface area contributed by atoms with Crippen LogP contribution in [0, 0.1) is 12.3 Å². The molecule has 1 atom stereocenters. The lowest BCUT2D eigenvalue weighted by Gasteiger charge is -2.29. The second-order valence-electron chi connectivity index (χ2n) is 16.0. The van der Waals surface area contributed by atoms with E-state index >= 15 is 0 Å². The molecule has 0 saturated carbocycles. The van der Waals surface area contributed by atoms with Gasteiger partial charge in [0.15, 0.2) is 0 Å². The molecule has 0 aliphatic carbocycles. The van der Waals surface area contributed by atoms with Crippen molar-refractivity contribution in [3.63, 3.8) is 0 Å². The third kappa shape index (κ3) is 9.54. The minimum atomic E-state index is -0.0284. The quantitative estimate of drug-likeness (QED) is 0.0953. The minimum Gasteiger partial charge on any atom is -0.489 e. The first-order valence-electron chi connectivity index (χ1n) is 22.2. The van der Waals surface area contributed by atoms with Gasteiger partial charge in [0.2, 0.25) is 0 Å². The molecule has 0 aromatic heterocycles. The first kappa shape index (κ1) is 42.0. The van der Waals surface area contributed by atoms with Gasteiger partial charge in [0.25, 0.3) is 0 Å². The second kappa shape index (κ2) is 19.8. The molecule has 0 N–H and O–H groups in total. The van der Waals surface area contributed by atoms with Crippen molar-refractivity contribution in [2.75, 3.05) is 16.4 Å². The molecule has 1 aliphatic heterocycles. The Bertz CT molecular complexity index is 2930. The molecule has 8 aromatic carbocycles. The van der Waals surface area contributed by atoms with Gasteiger partial charge in [-0.15, -0.1) is 6.42 Å². The van der Waals surface area contributed by atoms with E-state index in [0.717, 1.165) is 56.6 Å². The molecule has 0 bridgehead atoms. The third-order valence-corrected chi connectivity index (χ3v) is 11.9. The molecule has 0 saturated heterocycles. The maximum atomic E-state index is 6.56. The second-order valence-corrected chi connectivity index (χ2v) is 16.0. The van der Waals surface area contributed by atoms with Gasteiger partial charge in [0.05, 0.1) is 0 Å². The normalized spacial score (nSPS) is 13.6. The van der Waals surface area contributed by atoms with E-state index < -0.39 is 0 Å². The van der Waals surface area contributed by atoms with Crippen molar-refractivity contribution >= 4 is 34.0 Å². The van der Waals surface area contributed by atoms with Crippen LogP contribution in [0.4, 0.5) is 28.4 Å². The van der Waals surface area contributed by atoms with Crippen LogP contribution in [0.1, 0.15) is 30.9 Å². The van der Waals surface area contributed by atoms with Crippen LogP contribution >= 0.6 is 0 Å². The average Bonchev–Trinajstić information content (AvgIpc) is 3.45. The number of anilines is 5. The van der Waals surface area contributed by atoms with Gasteiger partial charge in [-0.1, -0.05) is 165 Å². The monoisotopic (exact) mass is 838 g/mol. The van der Waals surface area contributed by atoms with E-state index in [4.69, 9.17) is 11.2 Å². The molecule has 0 fully saturated rings. The Hall–Kier alpha value is -8.32. The summed E-state index contributed by atoms with van der Waals surface area (Å²) in [7, 11) is 0. The third-order valence-electron chi connectivity index (χ3n) is 11.9. The number of hydrogen-bond donors (Lipinski definition) is 0. The van der Waals surface area contributed by atoms with Gasteiger partial charge in [-0.3, -0.25) is 0 Å². The van der Waals surface area contributed by atoms with E-state index in [-0.39, 0.29) is 5.92 Å². The standard InChI is InChI=1S/C62H50N2O/c1-4-6-17-47(5-2)51-25-33-55(34-26-51)63(56-35-27-52(28-36-56)48-18-10-7-11-19-48)59-24-16-43-65-62-42-41-60(45-61(62)46(3)44-59)64(57-37-29-53(30-38-57)49-20-12-8-13-21-49)58-39-31-54(32-40-58)50-22-14-9-15-23-50/h1,5-42,44-46H,43H2,2-3H3/b17-6-,24-16?,47-5+,59-44?. The summed E-state index contributed by atoms with van der Waals surface area (Å²) in [6, 6.07) is 73.4. The Balaban J connectivity index is 1.12. The van der Waals surface area contributed by atoms with E-state index in [1.165, 1.54) is 33.4 Å². The number of benzene rings is 8. The average molecular weight is 839 g/mol. The molecule has 1 aliphatic rings. The first-order valence-corrected chi connectivity index (χ1v) is 22.2. The number of terminal acetylenes is 1. The van der Waals surface area contributed by atoms with Crippen molar-refractivity contribution in [1.29, 1.82) is 0 Å². The van der Waals surface area contributed by atoms with E-state index in [2.05, 4.69) is 253 Å². The Morgan fingerprint density at radius 1 is 0.538 bits per heavy atom. The molecule has 1 heterocycles. The largest absolute Gasteiger partial charge is 0.489 e. The Morgan fingerprint density at radius 3 is 1.43 bits per heavy atom. The fraction of sp³-hybridized carbons (Fsp3) is 0.0645. The lowest BCUT2D eigenvalue weighted by atomic mass is 9.96. The number of nitrogens with zero attached hydrogens (tertiary/aromatic N) is 2. The predicted octanol–water partition coefficient (Wildman–Crippen LogP) is 16.5. The van der Waals surface area contributed by atoms with Crippen LogP contribution in [0.25, 0.3) is 39.0 Å². The van der Waals surface area contributed by atoms with Crippen LogP contribution in [-0.4, -0.2) is 6.61 Å². The molecule has 0 spiro atoms. The summed E-state index contributed by atoms with van der Waals surface area (Å²) in [5.74, 6) is 3.46. The van der Waals surface area contributed by atoms with Gasteiger partial charge in [-0.05, 0) is 142 Å². The van der Waals surface area contributed by atoms with E-state index in [1.54, 1.807) is 6.08 Å². The lowest BCUT2D eigenvalue weighted by molar-refractivity contribution is 0.358. The van der Waals surface area contributed by atoms with Crippen molar-refractivity contribution in [3.8, 4) is 51.5 Å². The lowest BCUT2D eigenvalue weighted by Crippen LogP contribution is -2.16. The molecule has 3 nitrogen and oxygen atoms in total. The highest BCUT2D eigenvalue weighted by Gasteiger charge is 2.21. The van der Waals surface area contributed by atoms with Crippen LogP contribution < -0.4 is 14.5 Å². The van der Waals surface area contributed by atoms with Crippen molar-refractivity contribution in [2.45, 2.75) is 19.8 Å². The highest BCUT2D eigenvalue weighted by atomic mass is 16.5. The smallest absolute Gasteiger partial charge is 0.123 e. The summed E-state index contributed by atoms with van der Waals surface area (Å²) in [6.07, 6.45) is 18.0. The van der Waals surface area contributed by atoms with Gasteiger partial charge >= 0.3 is 0 Å². The number of rotatable bonds is 11. The van der Waals surface area contributed by atoms with E-state index in [0.29, 0.717) is 6.61 Å². The molecular weight excluding hydrogens is 789 g/mol. The van der Waals surface area contributed by atoms with Crippen LogP contribution in [-0.2, 0) is 0 Å².